The predicted octanol–water partition coefficient (Wildman–Crippen LogP) is 3.63. The summed E-state index contributed by atoms with van der Waals surface area (Å²) in [6.07, 6.45) is 1.74. The molecule has 0 unspecified atom stereocenters. The van der Waals surface area contributed by atoms with Gasteiger partial charge in [-0.25, -0.2) is 0 Å². The second kappa shape index (κ2) is 6.85. The molecule has 0 saturated heterocycles. The van der Waals surface area contributed by atoms with Gasteiger partial charge in [-0.15, -0.1) is 0 Å². The van der Waals surface area contributed by atoms with Crippen LogP contribution in [-0.4, -0.2) is 28.1 Å². The van der Waals surface area contributed by atoms with Crippen LogP contribution in [0.5, 0.6) is 0 Å². The van der Waals surface area contributed by atoms with Crippen LogP contribution in [0, 0.1) is 0 Å². The first kappa shape index (κ1) is 15.7. The fraction of sp³-hybridized carbons (Fsp3) is 0.235. The fourth-order valence-corrected chi connectivity index (χ4v) is 2.07. The fourth-order valence-electron chi connectivity index (χ4n) is 2.07. The number of H-pyrrole nitrogens is 1. The van der Waals surface area contributed by atoms with E-state index in [4.69, 9.17) is 0 Å². The Hall–Kier alpha value is -2.69. The molecule has 1 N–H and O–H groups in total. The third-order valence-corrected chi connectivity index (χ3v) is 3.29. The average Bonchev–Trinajstić information content (AvgIpc) is 2.99. The minimum atomic E-state index is -0.0588. The molecule has 114 valence electrons. The maximum atomic E-state index is 11.5. The van der Waals surface area contributed by atoms with E-state index >= 15 is 0 Å². The van der Waals surface area contributed by atoms with E-state index in [1.54, 1.807) is 13.2 Å². The lowest BCUT2D eigenvalue weighted by Crippen LogP contribution is -2.23. The monoisotopic (exact) mass is 296 g/mol. The summed E-state index contributed by atoms with van der Waals surface area (Å²) in [7, 11) is 1.71. The summed E-state index contributed by atoms with van der Waals surface area (Å²) in [6, 6.07) is 11.9. The number of benzene rings is 1. The van der Waals surface area contributed by atoms with Crippen molar-refractivity contribution >= 4 is 22.6 Å². The molecule has 0 aliphatic carbocycles. The molecule has 5 nitrogen and oxygen atoms in total. The van der Waals surface area contributed by atoms with Crippen molar-refractivity contribution in [2.24, 2.45) is 0 Å². The number of rotatable bonds is 2. The zero-order chi connectivity index (χ0) is 16.1. The molecule has 0 atom stereocenters. The molecule has 0 spiro atoms. The molecule has 5 heteroatoms. The van der Waals surface area contributed by atoms with Gasteiger partial charge in [0.05, 0.1) is 17.4 Å². The van der Waals surface area contributed by atoms with Crippen molar-refractivity contribution < 1.29 is 4.79 Å². The highest BCUT2D eigenvalue weighted by Gasteiger charge is 2.14. The first-order chi connectivity index (χ1) is 10.7. The van der Waals surface area contributed by atoms with Gasteiger partial charge in [0.1, 0.15) is 0 Å². The number of nitrogens with zero attached hydrogens (tertiary/aromatic N) is 3. The molecule has 0 radical (unpaired) electrons. The highest BCUT2D eigenvalue weighted by molar-refractivity contribution is 6.00. The minimum Gasteiger partial charge on any atom is -0.298 e. The van der Waals surface area contributed by atoms with Crippen LogP contribution in [0.2, 0.25) is 0 Å². The van der Waals surface area contributed by atoms with Crippen LogP contribution in [0.1, 0.15) is 20.8 Å². The molecular formula is C17H20N4O. The largest absolute Gasteiger partial charge is 0.298 e. The van der Waals surface area contributed by atoms with Crippen LogP contribution in [-0.2, 0) is 4.79 Å². The molecular weight excluding hydrogens is 276 g/mol. The van der Waals surface area contributed by atoms with Gasteiger partial charge in [0.15, 0.2) is 5.82 Å². The van der Waals surface area contributed by atoms with E-state index in [1.165, 1.54) is 11.8 Å². The third kappa shape index (κ3) is 2.98. The zero-order valence-electron chi connectivity index (χ0n) is 13.3. The van der Waals surface area contributed by atoms with Gasteiger partial charge >= 0.3 is 0 Å². The summed E-state index contributed by atoms with van der Waals surface area (Å²) < 4.78 is 0. The summed E-state index contributed by atoms with van der Waals surface area (Å²) in [6.45, 7) is 5.51. The number of carbonyl (C=O) groups is 1. The van der Waals surface area contributed by atoms with Crippen LogP contribution in [0.15, 0.2) is 42.6 Å². The lowest BCUT2D eigenvalue weighted by atomic mass is 10.1. The SMILES string of the molecule is CC.CC(=O)N(C)c1n[nH]c2cnc(-c3ccccc3)cc12. The van der Waals surface area contributed by atoms with E-state index in [9.17, 15) is 4.79 Å². The number of aromatic nitrogens is 3. The second-order valence-corrected chi connectivity index (χ2v) is 4.61. The highest BCUT2D eigenvalue weighted by Crippen LogP contribution is 2.27. The number of hydrogen-bond acceptors (Lipinski definition) is 3. The van der Waals surface area contributed by atoms with E-state index in [0.717, 1.165) is 22.2 Å². The topological polar surface area (TPSA) is 61.9 Å². The van der Waals surface area contributed by atoms with Crippen LogP contribution >= 0.6 is 0 Å². The number of fused-ring (bicyclic) bond motifs is 1. The summed E-state index contributed by atoms with van der Waals surface area (Å²) in [5.41, 5.74) is 2.71. The number of pyridine rings is 1. The van der Waals surface area contributed by atoms with Gasteiger partial charge in [-0.05, 0) is 6.07 Å². The smallest absolute Gasteiger partial charge is 0.224 e. The van der Waals surface area contributed by atoms with Crippen molar-refractivity contribution in [2.45, 2.75) is 20.8 Å². The highest BCUT2D eigenvalue weighted by atomic mass is 16.2. The average molecular weight is 296 g/mol. The molecule has 2 aromatic heterocycles. The Labute approximate surface area is 130 Å². The Morgan fingerprint density at radius 2 is 1.86 bits per heavy atom. The third-order valence-electron chi connectivity index (χ3n) is 3.29. The molecule has 2 heterocycles. The number of hydrogen-bond donors (Lipinski definition) is 1. The summed E-state index contributed by atoms with van der Waals surface area (Å²) in [5.74, 6) is 0.559. The van der Waals surface area contributed by atoms with Crippen LogP contribution in [0.4, 0.5) is 5.82 Å². The Balaban J connectivity index is 0.000000847. The van der Waals surface area contributed by atoms with Crippen molar-refractivity contribution in [1.82, 2.24) is 15.2 Å². The Bertz CT molecular complexity index is 765. The molecule has 22 heavy (non-hydrogen) atoms. The Morgan fingerprint density at radius 1 is 1.18 bits per heavy atom. The van der Waals surface area contributed by atoms with Crippen molar-refractivity contribution in [3.8, 4) is 11.3 Å². The van der Waals surface area contributed by atoms with Crippen molar-refractivity contribution in [3.05, 3.63) is 42.6 Å². The first-order valence-corrected chi connectivity index (χ1v) is 7.30. The number of carbonyl (C=O) groups excluding carboxylic acids is 1. The van der Waals surface area contributed by atoms with Crippen LogP contribution in [0.25, 0.3) is 22.2 Å². The molecule has 3 rings (SSSR count). The number of nitrogens with one attached hydrogen (secondary N) is 1. The van der Waals surface area contributed by atoms with Gasteiger partial charge < -0.3 is 0 Å². The molecule has 0 aliphatic heterocycles. The molecule has 1 aromatic carbocycles. The quantitative estimate of drug-likeness (QED) is 0.785. The molecule has 0 aliphatic rings. The Morgan fingerprint density at radius 3 is 2.50 bits per heavy atom. The summed E-state index contributed by atoms with van der Waals surface area (Å²) in [5, 5.41) is 7.97. The van der Waals surface area contributed by atoms with E-state index in [2.05, 4.69) is 15.2 Å². The van der Waals surface area contributed by atoms with E-state index in [0.29, 0.717) is 5.82 Å². The van der Waals surface area contributed by atoms with Crippen molar-refractivity contribution in [1.29, 1.82) is 0 Å². The van der Waals surface area contributed by atoms with Gasteiger partial charge in [-0.2, -0.15) is 5.10 Å². The predicted molar refractivity (Wildman–Crippen MR) is 89.8 cm³/mol. The van der Waals surface area contributed by atoms with Crippen LogP contribution in [0.3, 0.4) is 0 Å². The second-order valence-electron chi connectivity index (χ2n) is 4.61. The summed E-state index contributed by atoms with van der Waals surface area (Å²) in [4.78, 5) is 17.4. The molecule has 0 saturated carbocycles. The number of amides is 1. The maximum absolute atomic E-state index is 11.5. The van der Waals surface area contributed by atoms with Gasteiger partial charge in [-0.3, -0.25) is 19.8 Å². The number of anilines is 1. The lowest BCUT2D eigenvalue weighted by Gasteiger charge is -2.11. The Kier molecular flexibility index (Phi) is 4.88. The summed E-state index contributed by atoms with van der Waals surface area (Å²) >= 11 is 0. The van der Waals surface area contributed by atoms with E-state index in [-0.39, 0.29) is 5.91 Å². The van der Waals surface area contributed by atoms with Crippen molar-refractivity contribution in [2.75, 3.05) is 11.9 Å². The van der Waals surface area contributed by atoms with Gasteiger partial charge in [-0.1, -0.05) is 44.2 Å². The van der Waals surface area contributed by atoms with Gasteiger partial charge in [0, 0.05) is 24.9 Å². The molecule has 1 amide bonds. The normalized spacial score (nSPS) is 10.0. The first-order valence-electron chi connectivity index (χ1n) is 7.30. The van der Waals surface area contributed by atoms with E-state index in [1.807, 2.05) is 50.2 Å². The molecule has 0 bridgehead atoms. The van der Waals surface area contributed by atoms with Crippen LogP contribution < -0.4 is 4.90 Å². The lowest BCUT2D eigenvalue weighted by molar-refractivity contribution is -0.116. The van der Waals surface area contributed by atoms with E-state index < -0.39 is 0 Å². The zero-order valence-corrected chi connectivity index (χ0v) is 13.3. The van der Waals surface area contributed by atoms with Gasteiger partial charge in [0.25, 0.3) is 0 Å². The maximum Gasteiger partial charge on any atom is 0.224 e. The van der Waals surface area contributed by atoms with Gasteiger partial charge in [0.2, 0.25) is 5.91 Å². The standard InChI is InChI=1S/C15H14N4O.C2H6/c1-10(20)19(2)15-12-8-13(11-6-4-3-5-7-11)16-9-14(12)17-18-15;1-2/h3-9H,1-2H3,(H,17,18);1-2H3. The molecule has 3 aromatic rings. The number of aromatic amines is 1. The molecule has 0 fully saturated rings. The van der Waals surface area contributed by atoms with Crippen molar-refractivity contribution in [3.63, 3.8) is 0 Å². The minimum absolute atomic E-state index is 0.0588.